The maximum absolute atomic E-state index is 4.46. The molecule has 0 radical (unpaired) electrons. The van der Waals surface area contributed by atoms with E-state index in [0.717, 1.165) is 34.7 Å². The van der Waals surface area contributed by atoms with E-state index in [-0.39, 0.29) is 0 Å². The number of aromatic nitrogens is 2. The molecule has 1 aromatic heterocycles. The van der Waals surface area contributed by atoms with Crippen molar-refractivity contribution in [2.75, 3.05) is 11.9 Å². The fourth-order valence-corrected chi connectivity index (χ4v) is 3.08. The van der Waals surface area contributed by atoms with E-state index < -0.39 is 0 Å². The lowest BCUT2D eigenvalue weighted by atomic mass is 10.2. The van der Waals surface area contributed by atoms with Crippen LogP contribution < -0.4 is 5.32 Å². The molecule has 0 aliphatic rings. The second kappa shape index (κ2) is 7.64. The van der Waals surface area contributed by atoms with E-state index in [4.69, 9.17) is 0 Å². The zero-order valence-electron chi connectivity index (χ0n) is 11.7. The molecule has 2 rings (SSSR count). The summed E-state index contributed by atoms with van der Waals surface area (Å²) in [7, 11) is 0. The van der Waals surface area contributed by atoms with Crippen LogP contribution in [0.25, 0.3) is 0 Å². The maximum atomic E-state index is 4.46. The highest BCUT2D eigenvalue weighted by Crippen LogP contribution is 2.32. The summed E-state index contributed by atoms with van der Waals surface area (Å²) in [6.45, 7) is 5.13. The van der Waals surface area contributed by atoms with Crippen molar-refractivity contribution in [3.05, 3.63) is 40.6 Å². The third-order valence-electron chi connectivity index (χ3n) is 2.78. The summed E-state index contributed by atoms with van der Waals surface area (Å²) in [6.07, 6.45) is 3.71. The number of anilines is 1. The average Bonchev–Trinajstić information content (AvgIpc) is 2.45. The quantitative estimate of drug-likeness (QED) is 0.760. The monoisotopic (exact) mass is 351 g/mol. The first kappa shape index (κ1) is 15.3. The Balaban J connectivity index is 2.29. The summed E-state index contributed by atoms with van der Waals surface area (Å²) < 4.78 is 1.09. The molecule has 0 aliphatic heterocycles. The van der Waals surface area contributed by atoms with Gasteiger partial charge in [0.15, 0.2) is 0 Å². The van der Waals surface area contributed by atoms with Gasteiger partial charge in [-0.15, -0.1) is 0 Å². The highest BCUT2D eigenvalue weighted by atomic mass is 79.9. The molecule has 0 fully saturated rings. The zero-order chi connectivity index (χ0) is 14.4. The smallest absolute Gasteiger partial charge is 0.133 e. The van der Waals surface area contributed by atoms with E-state index >= 15 is 0 Å². The summed E-state index contributed by atoms with van der Waals surface area (Å²) in [5.41, 5.74) is 1.21. The van der Waals surface area contributed by atoms with E-state index in [0.29, 0.717) is 0 Å². The van der Waals surface area contributed by atoms with E-state index in [1.807, 2.05) is 12.1 Å². The lowest BCUT2D eigenvalue weighted by molar-refractivity contribution is 0.855. The number of rotatable bonds is 6. The van der Waals surface area contributed by atoms with E-state index in [9.17, 15) is 0 Å². The van der Waals surface area contributed by atoms with Crippen LogP contribution in [-0.2, 0) is 6.42 Å². The third-order valence-corrected chi connectivity index (χ3v) is 4.36. The Morgan fingerprint density at radius 1 is 1.15 bits per heavy atom. The summed E-state index contributed by atoms with van der Waals surface area (Å²) in [5, 5.41) is 4.37. The van der Waals surface area contributed by atoms with E-state index in [1.165, 1.54) is 10.5 Å². The fraction of sp³-hybridized carbons (Fsp3) is 0.333. The molecule has 1 N–H and O–H groups in total. The van der Waals surface area contributed by atoms with Crippen LogP contribution in [-0.4, -0.2) is 16.5 Å². The summed E-state index contributed by atoms with van der Waals surface area (Å²) in [6, 6.07) is 8.29. The van der Waals surface area contributed by atoms with Crippen LogP contribution in [0.3, 0.4) is 0 Å². The van der Waals surface area contributed by atoms with E-state index in [1.54, 1.807) is 18.1 Å². The van der Waals surface area contributed by atoms with Gasteiger partial charge in [-0.05, 0) is 37.6 Å². The van der Waals surface area contributed by atoms with Crippen molar-refractivity contribution in [3.63, 3.8) is 0 Å². The Bertz CT molecular complexity index is 558. The summed E-state index contributed by atoms with van der Waals surface area (Å²) in [4.78, 5) is 10.0. The molecule has 0 bridgehead atoms. The molecular weight excluding hydrogens is 334 g/mol. The van der Waals surface area contributed by atoms with Crippen molar-refractivity contribution < 1.29 is 0 Å². The molecule has 0 spiro atoms. The Kier molecular flexibility index (Phi) is 5.86. The van der Waals surface area contributed by atoms with Crippen molar-refractivity contribution in [3.8, 4) is 0 Å². The first-order valence-electron chi connectivity index (χ1n) is 6.75. The summed E-state index contributed by atoms with van der Waals surface area (Å²) >= 11 is 5.15. The van der Waals surface area contributed by atoms with Crippen LogP contribution in [0.1, 0.15) is 25.8 Å². The van der Waals surface area contributed by atoms with Gasteiger partial charge in [-0.25, -0.2) is 9.97 Å². The normalized spacial score (nSPS) is 10.6. The van der Waals surface area contributed by atoms with Gasteiger partial charge in [-0.3, -0.25) is 0 Å². The van der Waals surface area contributed by atoms with Gasteiger partial charge >= 0.3 is 0 Å². The van der Waals surface area contributed by atoms with Crippen LogP contribution in [0, 0.1) is 0 Å². The highest BCUT2D eigenvalue weighted by Gasteiger charge is 2.11. The number of nitrogens with one attached hydrogen (secondary N) is 1. The number of hydrogen-bond acceptors (Lipinski definition) is 4. The minimum absolute atomic E-state index is 0.871. The standard InChI is InChI=1S/C15H18BrN3S/c1-3-5-13-14(17-4-2)18-10-19-15(13)20-12-8-6-11(16)7-9-12/h6-10H,3-5H2,1-2H3,(H,17,18,19). The van der Waals surface area contributed by atoms with Gasteiger partial charge < -0.3 is 5.32 Å². The zero-order valence-corrected chi connectivity index (χ0v) is 14.1. The van der Waals surface area contributed by atoms with E-state index in [2.05, 4.69) is 57.2 Å². The molecule has 0 atom stereocenters. The molecule has 106 valence electrons. The molecule has 0 saturated heterocycles. The molecule has 2 aromatic rings. The molecule has 1 heterocycles. The Labute approximate surface area is 132 Å². The fourth-order valence-electron chi connectivity index (χ4n) is 1.89. The van der Waals surface area contributed by atoms with Gasteiger partial charge in [-0.2, -0.15) is 0 Å². The Hall–Kier alpha value is -1.07. The first-order valence-corrected chi connectivity index (χ1v) is 8.36. The van der Waals surface area contributed by atoms with Crippen LogP contribution in [0.4, 0.5) is 5.82 Å². The molecule has 0 saturated carbocycles. The topological polar surface area (TPSA) is 37.8 Å². The molecule has 1 aromatic carbocycles. The number of hydrogen-bond donors (Lipinski definition) is 1. The van der Waals surface area contributed by atoms with Gasteiger partial charge in [0.25, 0.3) is 0 Å². The van der Waals surface area contributed by atoms with Crippen LogP contribution in [0.15, 0.2) is 45.0 Å². The Morgan fingerprint density at radius 3 is 2.55 bits per heavy atom. The molecule has 0 aliphatic carbocycles. The summed E-state index contributed by atoms with van der Waals surface area (Å²) in [5.74, 6) is 0.962. The maximum Gasteiger partial charge on any atom is 0.133 e. The van der Waals surface area contributed by atoms with Crippen LogP contribution in [0.5, 0.6) is 0 Å². The van der Waals surface area contributed by atoms with Gasteiger partial charge in [0.05, 0.1) is 0 Å². The SMILES string of the molecule is CCCc1c(NCC)ncnc1Sc1ccc(Br)cc1. The number of halogens is 1. The number of benzene rings is 1. The van der Waals surface area contributed by atoms with Gasteiger partial charge in [0.2, 0.25) is 0 Å². The second-order valence-electron chi connectivity index (χ2n) is 4.34. The lowest BCUT2D eigenvalue weighted by Gasteiger charge is -2.12. The molecule has 0 unspecified atom stereocenters. The predicted octanol–water partition coefficient (Wildman–Crippen LogP) is 4.77. The van der Waals surface area contributed by atoms with Crippen molar-refractivity contribution in [1.82, 2.24) is 9.97 Å². The largest absolute Gasteiger partial charge is 0.370 e. The van der Waals surface area contributed by atoms with Gasteiger partial charge in [0.1, 0.15) is 17.2 Å². The predicted molar refractivity (Wildman–Crippen MR) is 88.5 cm³/mol. The van der Waals surface area contributed by atoms with Crippen LogP contribution in [0.2, 0.25) is 0 Å². The molecule has 0 amide bonds. The van der Waals surface area contributed by atoms with Crippen molar-refractivity contribution in [1.29, 1.82) is 0 Å². The third kappa shape index (κ3) is 3.96. The lowest BCUT2D eigenvalue weighted by Crippen LogP contribution is -2.05. The first-order chi connectivity index (χ1) is 9.74. The Morgan fingerprint density at radius 2 is 1.90 bits per heavy atom. The van der Waals surface area contributed by atoms with Crippen molar-refractivity contribution >= 4 is 33.5 Å². The molecule has 3 nitrogen and oxygen atoms in total. The second-order valence-corrected chi connectivity index (χ2v) is 6.32. The number of nitrogens with zero attached hydrogens (tertiary/aromatic N) is 2. The average molecular weight is 352 g/mol. The van der Waals surface area contributed by atoms with Crippen molar-refractivity contribution in [2.24, 2.45) is 0 Å². The molecule has 20 heavy (non-hydrogen) atoms. The van der Waals surface area contributed by atoms with Gasteiger partial charge in [-0.1, -0.05) is 41.0 Å². The van der Waals surface area contributed by atoms with Crippen LogP contribution >= 0.6 is 27.7 Å². The van der Waals surface area contributed by atoms with Crippen molar-refractivity contribution in [2.45, 2.75) is 36.6 Å². The minimum atomic E-state index is 0.871. The molecular formula is C15H18BrN3S. The minimum Gasteiger partial charge on any atom is -0.370 e. The highest BCUT2D eigenvalue weighted by molar-refractivity contribution is 9.10. The van der Waals surface area contributed by atoms with Gasteiger partial charge in [0, 0.05) is 21.5 Å². The molecule has 5 heteroatoms.